The Morgan fingerprint density at radius 3 is 2.68 bits per heavy atom. The lowest BCUT2D eigenvalue weighted by molar-refractivity contribution is 0.0916. The van der Waals surface area contributed by atoms with E-state index in [-0.39, 0.29) is 12.5 Å². The van der Waals surface area contributed by atoms with Gasteiger partial charge in [0, 0.05) is 16.3 Å². The zero-order valence-corrected chi connectivity index (χ0v) is 15.1. The van der Waals surface area contributed by atoms with Crippen LogP contribution in [0.15, 0.2) is 42.5 Å². The molecule has 5 nitrogen and oxygen atoms in total. The van der Waals surface area contributed by atoms with Gasteiger partial charge in [0.2, 0.25) is 0 Å². The smallest absolute Gasteiger partial charge is 0.414 e. The van der Waals surface area contributed by atoms with Gasteiger partial charge < -0.3 is 10.1 Å². The van der Waals surface area contributed by atoms with Gasteiger partial charge >= 0.3 is 6.09 Å². The van der Waals surface area contributed by atoms with Gasteiger partial charge in [0.15, 0.2) is 0 Å². The summed E-state index contributed by atoms with van der Waals surface area (Å²) < 4.78 is 5.28. The summed E-state index contributed by atoms with van der Waals surface area (Å²) in [5.74, 6) is -0.286. The fourth-order valence-corrected chi connectivity index (χ4v) is 2.91. The van der Waals surface area contributed by atoms with Crippen LogP contribution in [0.3, 0.4) is 0 Å². The molecule has 1 saturated heterocycles. The molecule has 1 aliphatic heterocycles. The van der Waals surface area contributed by atoms with Gasteiger partial charge in [-0.05, 0) is 36.4 Å². The third-order valence-corrected chi connectivity index (χ3v) is 4.64. The highest BCUT2D eigenvalue weighted by molar-refractivity contribution is 6.42. The number of hydrogen-bond acceptors (Lipinski definition) is 3. The molecular formula is C17H13Cl3N2O3. The van der Waals surface area contributed by atoms with Gasteiger partial charge in [0.25, 0.3) is 5.91 Å². The first-order chi connectivity index (χ1) is 11.9. The van der Waals surface area contributed by atoms with Gasteiger partial charge in [-0.1, -0.05) is 40.9 Å². The minimum absolute atomic E-state index is 0.189. The van der Waals surface area contributed by atoms with Gasteiger partial charge in [-0.2, -0.15) is 0 Å². The molecule has 0 radical (unpaired) electrons. The highest BCUT2D eigenvalue weighted by Gasteiger charge is 2.32. The minimum Gasteiger partial charge on any atom is -0.442 e. The number of nitrogens with one attached hydrogen (secondary N) is 1. The van der Waals surface area contributed by atoms with Crippen molar-refractivity contribution in [2.75, 3.05) is 18.0 Å². The Morgan fingerprint density at radius 1 is 1.16 bits per heavy atom. The van der Waals surface area contributed by atoms with Crippen LogP contribution in [0, 0.1) is 0 Å². The molecule has 0 unspecified atom stereocenters. The summed E-state index contributed by atoms with van der Waals surface area (Å²) in [6.45, 7) is 0.488. The van der Waals surface area contributed by atoms with E-state index >= 15 is 0 Å². The average Bonchev–Trinajstić information content (AvgIpc) is 2.96. The van der Waals surface area contributed by atoms with Gasteiger partial charge in [-0.15, -0.1) is 0 Å². The van der Waals surface area contributed by atoms with Crippen LogP contribution in [0.4, 0.5) is 10.5 Å². The van der Waals surface area contributed by atoms with Crippen molar-refractivity contribution in [1.82, 2.24) is 5.32 Å². The van der Waals surface area contributed by atoms with Crippen LogP contribution < -0.4 is 10.2 Å². The van der Waals surface area contributed by atoms with Crippen LogP contribution in [0.1, 0.15) is 10.4 Å². The van der Waals surface area contributed by atoms with Crippen molar-refractivity contribution in [2.45, 2.75) is 6.10 Å². The van der Waals surface area contributed by atoms with E-state index in [1.165, 1.54) is 4.90 Å². The van der Waals surface area contributed by atoms with Gasteiger partial charge in [-0.3, -0.25) is 9.69 Å². The number of anilines is 1. The number of hydrogen-bond donors (Lipinski definition) is 1. The topological polar surface area (TPSA) is 58.6 Å². The largest absolute Gasteiger partial charge is 0.442 e. The standard InChI is InChI=1S/C17H13Cl3N2O3/c18-11-3-1-2-10(6-11)16(23)21-8-13-9-22(17(24)25-13)12-4-5-14(19)15(20)7-12/h1-7,13H,8-9H2,(H,21,23)/t13-/m1/s1. The fourth-order valence-electron chi connectivity index (χ4n) is 2.43. The van der Waals surface area contributed by atoms with Crippen LogP contribution in [-0.4, -0.2) is 31.2 Å². The Hall–Kier alpha value is -1.95. The number of amides is 2. The second-order valence-corrected chi connectivity index (χ2v) is 6.69. The number of ether oxygens (including phenoxy) is 1. The molecule has 0 saturated carbocycles. The van der Waals surface area contributed by atoms with Gasteiger partial charge in [0.1, 0.15) is 6.10 Å². The van der Waals surface area contributed by atoms with E-state index in [0.717, 1.165) is 0 Å². The zero-order valence-electron chi connectivity index (χ0n) is 12.8. The predicted molar refractivity (Wildman–Crippen MR) is 97.9 cm³/mol. The molecule has 0 aliphatic carbocycles. The lowest BCUT2D eigenvalue weighted by Crippen LogP contribution is -2.34. The second-order valence-electron chi connectivity index (χ2n) is 5.44. The first-order valence-corrected chi connectivity index (χ1v) is 8.54. The molecule has 8 heteroatoms. The summed E-state index contributed by atoms with van der Waals surface area (Å²) in [6, 6.07) is 11.5. The molecule has 2 amide bonds. The third-order valence-electron chi connectivity index (χ3n) is 3.67. The van der Waals surface area contributed by atoms with E-state index in [1.54, 1.807) is 42.5 Å². The predicted octanol–water partition coefficient (Wildman–Crippen LogP) is 4.40. The lowest BCUT2D eigenvalue weighted by atomic mass is 10.2. The monoisotopic (exact) mass is 398 g/mol. The summed E-state index contributed by atoms with van der Waals surface area (Å²) >= 11 is 17.7. The number of carbonyl (C=O) groups excluding carboxylic acids is 2. The number of carbonyl (C=O) groups is 2. The van der Waals surface area contributed by atoms with Crippen LogP contribution >= 0.6 is 34.8 Å². The summed E-state index contributed by atoms with van der Waals surface area (Å²) in [5, 5.41) is 3.97. The summed E-state index contributed by atoms with van der Waals surface area (Å²) in [6.07, 6.45) is -0.967. The normalized spacial score (nSPS) is 16.7. The van der Waals surface area contributed by atoms with Crippen molar-refractivity contribution in [3.63, 3.8) is 0 Å². The Kier molecular flexibility index (Phi) is 5.37. The molecule has 1 atom stereocenters. The lowest BCUT2D eigenvalue weighted by Gasteiger charge is -2.14. The third kappa shape index (κ3) is 4.18. The van der Waals surface area contributed by atoms with Crippen molar-refractivity contribution in [3.05, 3.63) is 63.1 Å². The maximum atomic E-state index is 12.1. The first kappa shape index (κ1) is 17.9. The van der Waals surface area contributed by atoms with E-state index in [2.05, 4.69) is 5.32 Å². The number of nitrogens with zero attached hydrogens (tertiary/aromatic N) is 1. The van der Waals surface area contributed by atoms with Crippen LogP contribution in [0.25, 0.3) is 0 Å². The molecular weight excluding hydrogens is 387 g/mol. The average molecular weight is 400 g/mol. The number of cyclic esters (lactones) is 1. The molecule has 0 aromatic heterocycles. The molecule has 1 N–H and O–H groups in total. The number of rotatable bonds is 4. The van der Waals surface area contributed by atoms with Crippen molar-refractivity contribution in [1.29, 1.82) is 0 Å². The molecule has 1 fully saturated rings. The molecule has 25 heavy (non-hydrogen) atoms. The van der Waals surface area contributed by atoms with Crippen molar-refractivity contribution in [3.8, 4) is 0 Å². The second kappa shape index (κ2) is 7.52. The van der Waals surface area contributed by atoms with Crippen LogP contribution in [-0.2, 0) is 4.74 Å². The molecule has 1 aliphatic rings. The summed E-state index contributed by atoms with van der Waals surface area (Å²) in [7, 11) is 0. The van der Waals surface area contributed by atoms with E-state index in [4.69, 9.17) is 39.5 Å². The molecule has 2 aromatic carbocycles. The van der Waals surface area contributed by atoms with Crippen molar-refractivity contribution >= 4 is 52.5 Å². The Labute approximate surface area is 159 Å². The quantitative estimate of drug-likeness (QED) is 0.829. The molecule has 130 valence electrons. The summed E-state index contributed by atoms with van der Waals surface area (Å²) in [4.78, 5) is 25.6. The van der Waals surface area contributed by atoms with E-state index < -0.39 is 12.2 Å². The van der Waals surface area contributed by atoms with E-state index in [1.807, 2.05) is 0 Å². The first-order valence-electron chi connectivity index (χ1n) is 7.41. The highest BCUT2D eigenvalue weighted by Crippen LogP contribution is 2.29. The highest BCUT2D eigenvalue weighted by atomic mass is 35.5. The minimum atomic E-state index is -0.500. The maximum absolute atomic E-state index is 12.1. The van der Waals surface area contributed by atoms with Crippen LogP contribution in [0.2, 0.25) is 15.1 Å². The van der Waals surface area contributed by atoms with E-state index in [9.17, 15) is 9.59 Å². The molecule has 0 bridgehead atoms. The van der Waals surface area contributed by atoms with Gasteiger partial charge in [-0.25, -0.2) is 4.79 Å². The molecule has 2 aromatic rings. The van der Waals surface area contributed by atoms with E-state index in [0.29, 0.717) is 32.9 Å². The SMILES string of the molecule is O=C(NC[C@@H]1CN(c2ccc(Cl)c(Cl)c2)C(=O)O1)c1cccc(Cl)c1. The van der Waals surface area contributed by atoms with Crippen molar-refractivity contribution < 1.29 is 14.3 Å². The van der Waals surface area contributed by atoms with Gasteiger partial charge in [0.05, 0.1) is 23.1 Å². The molecule has 0 spiro atoms. The zero-order chi connectivity index (χ0) is 18.0. The molecule has 1 heterocycles. The number of halogens is 3. The Morgan fingerprint density at radius 2 is 1.96 bits per heavy atom. The number of benzene rings is 2. The Bertz CT molecular complexity index is 829. The maximum Gasteiger partial charge on any atom is 0.414 e. The van der Waals surface area contributed by atoms with Crippen LogP contribution in [0.5, 0.6) is 0 Å². The summed E-state index contributed by atoms with van der Waals surface area (Å²) in [5.41, 5.74) is 1.03. The Balaban J connectivity index is 1.61. The molecule has 3 rings (SSSR count). The fraction of sp³-hybridized carbons (Fsp3) is 0.176. The van der Waals surface area contributed by atoms with Crippen molar-refractivity contribution in [2.24, 2.45) is 0 Å².